The largest absolute Gasteiger partial charge is 0.443 e. The van der Waals surface area contributed by atoms with E-state index in [4.69, 9.17) is 0 Å². The molecule has 114 valence electrons. The SMILES string of the molecule is CCCC1CCCC(O)(c2cnc(C(F)(F)F)s2)CC1. The van der Waals surface area contributed by atoms with Crippen molar-refractivity contribution < 1.29 is 18.3 Å². The number of nitrogens with zero attached hydrogens (tertiary/aromatic N) is 1. The molecular formula is C14H20F3NOS. The minimum Gasteiger partial charge on any atom is -0.384 e. The molecule has 0 aliphatic heterocycles. The first-order chi connectivity index (χ1) is 9.35. The van der Waals surface area contributed by atoms with E-state index >= 15 is 0 Å². The summed E-state index contributed by atoms with van der Waals surface area (Å²) in [5, 5.41) is 9.83. The number of halogens is 3. The predicted octanol–water partition coefficient (Wildman–Crippen LogP) is 4.73. The van der Waals surface area contributed by atoms with Crippen LogP contribution in [0.1, 0.15) is 61.8 Å². The van der Waals surface area contributed by atoms with E-state index in [2.05, 4.69) is 11.9 Å². The molecule has 1 aliphatic carbocycles. The Hall–Kier alpha value is -0.620. The van der Waals surface area contributed by atoms with Crippen LogP contribution in [-0.4, -0.2) is 10.1 Å². The van der Waals surface area contributed by atoms with E-state index in [0.717, 1.165) is 32.1 Å². The molecule has 0 radical (unpaired) electrons. The molecular weight excluding hydrogens is 287 g/mol. The fourth-order valence-electron chi connectivity index (χ4n) is 2.96. The van der Waals surface area contributed by atoms with Crippen LogP contribution >= 0.6 is 11.3 Å². The van der Waals surface area contributed by atoms with Gasteiger partial charge in [-0.3, -0.25) is 0 Å². The lowest BCUT2D eigenvalue weighted by Crippen LogP contribution is -2.23. The number of thiazole rings is 1. The normalized spacial score (nSPS) is 28.4. The molecule has 1 aromatic heterocycles. The van der Waals surface area contributed by atoms with Gasteiger partial charge >= 0.3 is 6.18 Å². The Labute approximate surface area is 121 Å². The highest BCUT2D eigenvalue weighted by atomic mass is 32.1. The number of aromatic nitrogens is 1. The molecule has 1 saturated carbocycles. The smallest absolute Gasteiger partial charge is 0.384 e. The molecule has 2 rings (SSSR count). The summed E-state index contributed by atoms with van der Waals surface area (Å²) in [4.78, 5) is 3.79. The molecule has 1 aromatic rings. The Morgan fingerprint density at radius 1 is 1.40 bits per heavy atom. The van der Waals surface area contributed by atoms with Gasteiger partial charge in [0.25, 0.3) is 0 Å². The Morgan fingerprint density at radius 2 is 2.15 bits per heavy atom. The molecule has 2 unspecified atom stereocenters. The van der Waals surface area contributed by atoms with Crippen LogP contribution in [-0.2, 0) is 11.8 Å². The number of aliphatic hydroxyl groups is 1. The van der Waals surface area contributed by atoms with Crippen molar-refractivity contribution in [2.45, 2.75) is 63.6 Å². The van der Waals surface area contributed by atoms with Gasteiger partial charge in [0.15, 0.2) is 5.01 Å². The lowest BCUT2D eigenvalue weighted by Gasteiger charge is -2.25. The maximum atomic E-state index is 12.6. The fourth-order valence-corrected chi connectivity index (χ4v) is 3.89. The van der Waals surface area contributed by atoms with Gasteiger partial charge in [-0.1, -0.05) is 26.2 Å². The molecule has 1 aliphatic rings. The zero-order valence-corrected chi connectivity index (χ0v) is 12.4. The minimum absolute atomic E-state index is 0.363. The molecule has 2 atom stereocenters. The second kappa shape index (κ2) is 6.02. The third-order valence-electron chi connectivity index (χ3n) is 4.07. The van der Waals surface area contributed by atoms with E-state index in [1.165, 1.54) is 6.20 Å². The highest BCUT2D eigenvalue weighted by molar-refractivity contribution is 7.11. The van der Waals surface area contributed by atoms with Crippen molar-refractivity contribution in [2.24, 2.45) is 5.92 Å². The van der Waals surface area contributed by atoms with Crippen molar-refractivity contribution in [2.75, 3.05) is 0 Å². The van der Waals surface area contributed by atoms with Crippen molar-refractivity contribution >= 4 is 11.3 Å². The lowest BCUT2D eigenvalue weighted by atomic mass is 9.91. The molecule has 0 amide bonds. The topological polar surface area (TPSA) is 33.1 Å². The number of rotatable bonds is 3. The third kappa shape index (κ3) is 3.52. The van der Waals surface area contributed by atoms with Gasteiger partial charge in [0, 0.05) is 6.20 Å². The summed E-state index contributed by atoms with van der Waals surface area (Å²) in [5.41, 5.74) is -1.12. The standard InChI is InChI=1S/C14H20F3NOS/c1-2-4-10-5-3-7-13(19,8-6-10)11-9-18-12(20-11)14(15,16)17/h9-10,19H,2-8H2,1H3. The van der Waals surface area contributed by atoms with Crippen LogP contribution < -0.4 is 0 Å². The zero-order valence-electron chi connectivity index (χ0n) is 11.5. The molecule has 20 heavy (non-hydrogen) atoms. The number of hydrogen-bond acceptors (Lipinski definition) is 3. The zero-order chi connectivity index (χ0) is 14.8. The highest BCUT2D eigenvalue weighted by Gasteiger charge is 2.39. The molecule has 0 spiro atoms. The second-order valence-electron chi connectivity index (χ2n) is 5.64. The van der Waals surface area contributed by atoms with Gasteiger partial charge in [0.05, 0.1) is 4.88 Å². The van der Waals surface area contributed by atoms with Crippen LogP contribution in [0.2, 0.25) is 0 Å². The van der Waals surface area contributed by atoms with Crippen molar-refractivity contribution in [1.82, 2.24) is 4.98 Å². The fraction of sp³-hybridized carbons (Fsp3) is 0.786. The van der Waals surface area contributed by atoms with Crippen molar-refractivity contribution in [3.05, 3.63) is 16.1 Å². The van der Waals surface area contributed by atoms with Crippen LogP contribution in [0.5, 0.6) is 0 Å². The number of alkyl halides is 3. The molecule has 1 fully saturated rings. The summed E-state index contributed by atoms with van der Waals surface area (Å²) >= 11 is 0.583. The maximum absolute atomic E-state index is 12.6. The third-order valence-corrected chi connectivity index (χ3v) is 5.31. The molecule has 0 saturated heterocycles. The minimum atomic E-state index is -4.42. The van der Waals surface area contributed by atoms with Crippen LogP contribution in [0.3, 0.4) is 0 Å². The molecule has 6 heteroatoms. The molecule has 1 N–H and O–H groups in total. The van der Waals surface area contributed by atoms with Crippen molar-refractivity contribution in [3.8, 4) is 0 Å². The first kappa shape index (κ1) is 15.8. The van der Waals surface area contributed by atoms with Gasteiger partial charge in [0.1, 0.15) is 5.60 Å². The average Bonchev–Trinajstić information content (AvgIpc) is 2.79. The van der Waals surface area contributed by atoms with Crippen molar-refractivity contribution in [3.63, 3.8) is 0 Å². The summed E-state index contributed by atoms with van der Waals surface area (Å²) in [6, 6.07) is 0. The summed E-state index contributed by atoms with van der Waals surface area (Å²) in [7, 11) is 0. The van der Waals surface area contributed by atoms with E-state index in [-0.39, 0.29) is 0 Å². The first-order valence-electron chi connectivity index (χ1n) is 7.11. The molecule has 0 bridgehead atoms. The highest BCUT2D eigenvalue weighted by Crippen LogP contribution is 2.43. The Bertz CT molecular complexity index is 446. The van der Waals surface area contributed by atoms with Gasteiger partial charge in [-0.15, -0.1) is 11.3 Å². The lowest BCUT2D eigenvalue weighted by molar-refractivity contribution is -0.137. The Kier molecular flexibility index (Phi) is 4.74. The number of hydrogen-bond donors (Lipinski definition) is 1. The molecule has 1 heterocycles. The van der Waals surface area contributed by atoms with Crippen LogP contribution in [0.4, 0.5) is 13.2 Å². The Balaban J connectivity index is 2.12. The van der Waals surface area contributed by atoms with E-state index in [1.807, 2.05) is 0 Å². The van der Waals surface area contributed by atoms with Crippen molar-refractivity contribution in [1.29, 1.82) is 0 Å². The van der Waals surface area contributed by atoms with Crippen LogP contribution in [0.25, 0.3) is 0 Å². The average molecular weight is 307 g/mol. The summed E-state index contributed by atoms with van der Waals surface area (Å²) < 4.78 is 37.8. The summed E-state index contributed by atoms with van der Waals surface area (Å²) in [6.45, 7) is 2.13. The van der Waals surface area contributed by atoms with Gasteiger partial charge in [-0.2, -0.15) is 13.2 Å². The van der Waals surface area contributed by atoms with E-state index in [0.29, 0.717) is 35.0 Å². The maximum Gasteiger partial charge on any atom is 0.443 e. The van der Waals surface area contributed by atoms with E-state index < -0.39 is 16.8 Å². The Morgan fingerprint density at radius 3 is 2.75 bits per heavy atom. The second-order valence-corrected chi connectivity index (χ2v) is 6.68. The molecule has 2 nitrogen and oxygen atoms in total. The van der Waals surface area contributed by atoms with Gasteiger partial charge in [-0.25, -0.2) is 4.98 Å². The van der Waals surface area contributed by atoms with Gasteiger partial charge < -0.3 is 5.11 Å². The van der Waals surface area contributed by atoms with E-state index in [9.17, 15) is 18.3 Å². The van der Waals surface area contributed by atoms with Gasteiger partial charge in [0.2, 0.25) is 0 Å². The first-order valence-corrected chi connectivity index (χ1v) is 7.92. The quantitative estimate of drug-likeness (QED) is 0.819. The monoisotopic (exact) mass is 307 g/mol. The summed E-state index contributed by atoms with van der Waals surface area (Å²) in [6.07, 6.45) is 2.89. The van der Waals surface area contributed by atoms with Gasteiger partial charge in [-0.05, 0) is 31.6 Å². The summed E-state index contributed by atoms with van der Waals surface area (Å²) in [5.74, 6) is 0.587. The predicted molar refractivity (Wildman–Crippen MR) is 72.5 cm³/mol. The molecule has 0 aromatic carbocycles. The van der Waals surface area contributed by atoms with Crippen LogP contribution in [0, 0.1) is 5.92 Å². The van der Waals surface area contributed by atoms with Crippen LogP contribution in [0.15, 0.2) is 6.20 Å². The van der Waals surface area contributed by atoms with E-state index in [1.54, 1.807) is 0 Å².